The Morgan fingerprint density at radius 3 is 2.26 bits per heavy atom. The molecule has 0 saturated carbocycles. The first-order valence-electron chi connectivity index (χ1n) is 15.2. The summed E-state index contributed by atoms with van der Waals surface area (Å²) in [6.07, 6.45) is -2.76. The molecule has 2 aliphatic rings. The number of anilines is 2. The molecule has 9 nitrogen and oxygen atoms in total. The minimum atomic E-state index is -4.89. The number of Topliss-reactive ketones (excluding diaryl/α,β-unsaturated/α-hetero) is 1. The molecule has 0 N–H and O–H groups in total. The Hall–Kier alpha value is -5.07. The first-order valence-corrected chi connectivity index (χ1v) is 15.2. The van der Waals surface area contributed by atoms with Crippen LogP contribution >= 0.6 is 0 Å². The summed E-state index contributed by atoms with van der Waals surface area (Å²) >= 11 is 0. The molecule has 2 aromatic carbocycles. The maximum Gasteiger partial charge on any atom is 0.437 e. The number of amides is 2. The van der Waals surface area contributed by atoms with Crippen LogP contribution in [0.5, 0.6) is 0 Å². The summed E-state index contributed by atoms with van der Waals surface area (Å²) in [6.45, 7) is 1.08. The largest absolute Gasteiger partial charge is 0.437 e. The van der Waals surface area contributed by atoms with Crippen molar-refractivity contribution in [3.05, 3.63) is 107 Å². The molecule has 2 amide bonds. The zero-order valence-electron chi connectivity index (χ0n) is 25.3. The number of carbonyl (C=O) groups is 3. The number of aromatic nitrogens is 2. The lowest BCUT2D eigenvalue weighted by molar-refractivity contribution is -0.145. The molecule has 6 rings (SSSR count). The second-order valence-electron chi connectivity index (χ2n) is 11.6. The molecule has 0 spiro atoms. The van der Waals surface area contributed by atoms with Gasteiger partial charge < -0.3 is 14.2 Å². The molecule has 2 saturated heterocycles. The number of piperazine rings is 1. The number of alkyl halides is 3. The fraction of sp³-hybridized carbons (Fsp3) is 0.324. The van der Waals surface area contributed by atoms with Crippen LogP contribution in [0.1, 0.15) is 51.7 Å². The zero-order chi connectivity index (χ0) is 33.1. The second-order valence-corrected chi connectivity index (χ2v) is 11.6. The highest BCUT2D eigenvalue weighted by molar-refractivity contribution is 5.99. The number of carbonyl (C=O) groups excluding carboxylic acids is 3. The molecule has 0 atom stereocenters. The standard InChI is InChI=1S/C34H31F4N5O4/c35-26-9-5-4-8-25(26)19-29(45)43-17-16-42(21-30(43)46)28-11-10-22(20-39-28)18-27(44)31-32(34(36,37)38)40-33(47-31)41-14-12-24(13-15-41)23-6-2-1-3-7-23/h1-11,20,24H,12-19,21H2. The summed E-state index contributed by atoms with van der Waals surface area (Å²) in [6, 6.07) is 18.7. The monoisotopic (exact) mass is 649 g/mol. The molecule has 4 aromatic rings. The van der Waals surface area contributed by atoms with E-state index in [0.29, 0.717) is 37.3 Å². The van der Waals surface area contributed by atoms with Crippen LogP contribution in [0.4, 0.5) is 29.4 Å². The van der Waals surface area contributed by atoms with Crippen molar-refractivity contribution in [2.45, 2.75) is 37.8 Å². The molecule has 47 heavy (non-hydrogen) atoms. The fourth-order valence-electron chi connectivity index (χ4n) is 5.96. The number of pyridine rings is 1. The van der Waals surface area contributed by atoms with Crippen LogP contribution in [0.3, 0.4) is 0 Å². The van der Waals surface area contributed by atoms with Gasteiger partial charge in [-0.3, -0.25) is 19.3 Å². The van der Waals surface area contributed by atoms with Gasteiger partial charge in [-0.25, -0.2) is 9.37 Å². The molecule has 0 bridgehead atoms. The van der Waals surface area contributed by atoms with Crippen LogP contribution in [0.15, 0.2) is 77.3 Å². The highest BCUT2D eigenvalue weighted by Crippen LogP contribution is 2.37. The quantitative estimate of drug-likeness (QED) is 0.184. The summed E-state index contributed by atoms with van der Waals surface area (Å²) in [5.74, 6) is -2.56. The van der Waals surface area contributed by atoms with E-state index in [-0.39, 0.29) is 43.6 Å². The summed E-state index contributed by atoms with van der Waals surface area (Å²) in [5, 5.41) is 0. The highest BCUT2D eigenvalue weighted by Gasteiger charge is 2.42. The third-order valence-corrected chi connectivity index (χ3v) is 8.49. The van der Waals surface area contributed by atoms with Gasteiger partial charge in [-0.1, -0.05) is 54.6 Å². The fourth-order valence-corrected chi connectivity index (χ4v) is 5.96. The molecular formula is C34H31F4N5O4. The van der Waals surface area contributed by atoms with Gasteiger partial charge >= 0.3 is 6.18 Å². The Morgan fingerprint density at radius 1 is 0.872 bits per heavy atom. The van der Waals surface area contributed by atoms with Gasteiger partial charge in [-0.2, -0.15) is 18.2 Å². The van der Waals surface area contributed by atoms with Crippen LogP contribution < -0.4 is 9.80 Å². The van der Waals surface area contributed by atoms with E-state index in [4.69, 9.17) is 4.42 Å². The molecular weight excluding hydrogens is 618 g/mol. The van der Waals surface area contributed by atoms with Crippen molar-refractivity contribution in [1.82, 2.24) is 14.9 Å². The lowest BCUT2D eigenvalue weighted by Gasteiger charge is -2.33. The van der Waals surface area contributed by atoms with Gasteiger partial charge in [-0.05, 0) is 47.6 Å². The molecule has 2 aromatic heterocycles. The Labute approximate surface area is 267 Å². The third-order valence-electron chi connectivity index (χ3n) is 8.49. The van der Waals surface area contributed by atoms with Gasteiger partial charge in [0.1, 0.15) is 11.6 Å². The third kappa shape index (κ3) is 7.18. The minimum Gasteiger partial charge on any atom is -0.420 e. The molecule has 13 heteroatoms. The van der Waals surface area contributed by atoms with Crippen LogP contribution in [-0.2, 0) is 28.6 Å². The minimum absolute atomic E-state index is 0.0754. The number of halogens is 4. The topological polar surface area (TPSA) is 99.9 Å². The summed E-state index contributed by atoms with van der Waals surface area (Å²) in [5.41, 5.74) is 0.366. The van der Waals surface area contributed by atoms with Gasteiger partial charge in [0.2, 0.25) is 23.4 Å². The van der Waals surface area contributed by atoms with Crippen LogP contribution in [0.25, 0.3) is 0 Å². The van der Waals surface area contributed by atoms with E-state index in [1.807, 2.05) is 30.3 Å². The second kappa shape index (κ2) is 13.3. The molecule has 0 radical (unpaired) electrons. The summed E-state index contributed by atoms with van der Waals surface area (Å²) in [4.78, 5) is 50.9. The number of piperidine rings is 1. The number of benzene rings is 2. The lowest BCUT2D eigenvalue weighted by Crippen LogP contribution is -2.53. The van der Waals surface area contributed by atoms with E-state index < -0.39 is 47.5 Å². The lowest BCUT2D eigenvalue weighted by atomic mass is 9.90. The first kappa shape index (κ1) is 31.9. The van der Waals surface area contributed by atoms with Crippen LogP contribution in [0, 0.1) is 5.82 Å². The van der Waals surface area contributed by atoms with Crippen molar-refractivity contribution in [2.75, 3.05) is 42.5 Å². The molecule has 4 heterocycles. The van der Waals surface area contributed by atoms with Crippen molar-refractivity contribution in [3.8, 4) is 0 Å². The van der Waals surface area contributed by atoms with Crippen LogP contribution in [0.2, 0.25) is 0 Å². The molecule has 2 aliphatic heterocycles. The maximum absolute atomic E-state index is 14.0. The predicted molar refractivity (Wildman–Crippen MR) is 163 cm³/mol. The van der Waals surface area contributed by atoms with E-state index in [1.165, 1.54) is 30.0 Å². The van der Waals surface area contributed by atoms with E-state index >= 15 is 0 Å². The number of hydrogen-bond donors (Lipinski definition) is 0. The smallest absolute Gasteiger partial charge is 0.420 e. The average molecular weight is 650 g/mol. The van der Waals surface area contributed by atoms with Gasteiger partial charge in [0, 0.05) is 38.8 Å². The van der Waals surface area contributed by atoms with Crippen molar-refractivity contribution < 1.29 is 36.4 Å². The first-order chi connectivity index (χ1) is 22.6. The average Bonchev–Trinajstić information content (AvgIpc) is 3.54. The summed E-state index contributed by atoms with van der Waals surface area (Å²) < 4.78 is 61.2. The van der Waals surface area contributed by atoms with Gasteiger partial charge in [0.25, 0.3) is 6.01 Å². The normalized spacial score (nSPS) is 16.1. The number of nitrogens with zero attached hydrogens (tertiary/aromatic N) is 5. The van der Waals surface area contributed by atoms with Crippen molar-refractivity contribution in [3.63, 3.8) is 0 Å². The predicted octanol–water partition coefficient (Wildman–Crippen LogP) is 5.45. The SMILES string of the molecule is O=C(Cc1ccc(N2CCN(C(=O)Cc3ccccc3F)C(=O)C2)nc1)c1oc(N2CCC(c3ccccc3)CC2)nc1C(F)(F)F. The maximum atomic E-state index is 14.0. The van der Waals surface area contributed by atoms with Gasteiger partial charge in [0.15, 0.2) is 5.69 Å². The van der Waals surface area contributed by atoms with E-state index in [9.17, 15) is 31.9 Å². The molecule has 2 fully saturated rings. The Kier molecular flexibility index (Phi) is 9.06. The number of ketones is 1. The van der Waals surface area contributed by atoms with Crippen molar-refractivity contribution >= 4 is 29.4 Å². The van der Waals surface area contributed by atoms with E-state index in [1.54, 1.807) is 28.0 Å². The number of oxazole rings is 1. The molecule has 244 valence electrons. The Balaban J connectivity index is 1.07. The number of imide groups is 1. The van der Waals surface area contributed by atoms with Gasteiger partial charge in [-0.15, -0.1) is 0 Å². The molecule has 0 unspecified atom stereocenters. The van der Waals surface area contributed by atoms with Crippen LogP contribution in [-0.4, -0.2) is 65.2 Å². The van der Waals surface area contributed by atoms with Crippen molar-refractivity contribution in [1.29, 1.82) is 0 Å². The number of hydrogen-bond acceptors (Lipinski definition) is 8. The zero-order valence-corrected chi connectivity index (χ0v) is 25.3. The molecule has 0 aliphatic carbocycles. The Morgan fingerprint density at radius 2 is 1.60 bits per heavy atom. The van der Waals surface area contributed by atoms with Gasteiger partial charge in [0.05, 0.1) is 13.0 Å². The summed E-state index contributed by atoms with van der Waals surface area (Å²) in [7, 11) is 0. The van der Waals surface area contributed by atoms with Crippen molar-refractivity contribution in [2.24, 2.45) is 0 Å². The van der Waals surface area contributed by atoms with E-state index in [2.05, 4.69) is 9.97 Å². The highest BCUT2D eigenvalue weighted by atomic mass is 19.4. The van der Waals surface area contributed by atoms with E-state index in [0.717, 1.165) is 4.90 Å². The number of rotatable bonds is 8. The Bertz CT molecular complexity index is 1750.